The Morgan fingerprint density at radius 3 is 2.29 bits per heavy atom. The predicted octanol–water partition coefficient (Wildman–Crippen LogP) is 2.99. The zero-order chi connectivity index (χ0) is 15.2. The third-order valence-electron chi connectivity index (χ3n) is 3.98. The summed E-state index contributed by atoms with van der Waals surface area (Å²) in [5.74, 6) is 1.79. The number of nitrogens with one attached hydrogen (secondary N) is 1. The third-order valence-corrected chi connectivity index (χ3v) is 3.98. The molecule has 3 nitrogen and oxygen atoms in total. The molecule has 2 aliphatic heterocycles. The highest BCUT2D eigenvalue weighted by Gasteiger charge is 2.33. The van der Waals surface area contributed by atoms with E-state index in [-0.39, 0.29) is 6.04 Å². The fraction of sp³-hybridized carbons (Fsp3) is 0.467. The van der Waals surface area contributed by atoms with Crippen LogP contribution in [-0.2, 0) is 6.18 Å². The molecule has 3 rings (SSSR count). The number of benzene rings is 1. The van der Waals surface area contributed by atoms with Crippen LogP contribution >= 0.6 is 0 Å². The molecule has 0 bridgehead atoms. The van der Waals surface area contributed by atoms with E-state index in [1.54, 1.807) is 0 Å². The van der Waals surface area contributed by atoms with Gasteiger partial charge in [0.2, 0.25) is 0 Å². The van der Waals surface area contributed by atoms with Gasteiger partial charge in [-0.25, -0.2) is 5.43 Å². The minimum absolute atomic E-state index is 0.0804. The molecule has 0 spiro atoms. The Bertz CT molecular complexity index is 544. The van der Waals surface area contributed by atoms with E-state index < -0.39 is 11.7 Å². The van der Waals surface area contributed by atoms with Crippen LogP contribution in [0, 0.1) is 5.92 Å². The van der Waals surface area contributed by atoms with Crippen LogP contribution in [0.3, 0.4) is 0 Å². The van der Waals surface area contributed by atoms with E-state index in [9.17, 15) is 13.2 Å². The lowest BCUT2D eigenvalue weighted by Gasteiger charge is -2.41. The molecule has 1 aromatic rings. The van der Waals surface area contributed by atoms with Crippen molar-refractivity contribution in [3.8, 4) is 0 Å². The Balaban J connectivity index is 1.76. The summed E-state index contributed by atoms with van der Waals surface area (Å²) in [7, 11) is 1.93. The van der Waals surface area contributed by atoms with Gasteiger partial charge in [0.15, 0.2) is 0 Å². The molecule has 1 unspecified atom stereocenters. The SMILES string of the molecule is CC1CN(C2=CC(c3ccc(C(F)(F)F)cc3)NN2C)C1. The topological polar surface area (TPSA) is 18.5 Å². The maximum Gasteiger partial charge on any atom is 0.416 e. The standard InChI is InChI=1S/C15H18F3N3/c1-10-8-21(9-10)14-7-13(19-20(14)2)11-3-5-12(6-4-11)15(16,17)18/h3-7,10,13,19H,8-9H2,1-2H3. The van der Waals surface area contributed by atoms with Gasteiger partial charge < -0.3 is 4.90 Å². The Morgan fingerprint density at radius 2 is 1.76 bits per heavy atom. The van der Waals surface area contributed by atoms with E-state index in [2.05, 4.69) is 23.3 Å². The van der Waals surface area contributed by atoms with Gasteiger partial charge in [0.1, 0.15) is 5.82 Å². The van der Waals surface area contributed by atoms with Crippen molar-refractivity contribution in [3.63, 3.8) is 0 Å². The highest BCUT2D eigenvalue weighted by Crippen LogP contribution is 2.32. The Hall–Kier alpha value is -1.69. The van der Waals surface area contributed by atoms with E-state index in [0.29, 0.717) is 5.92 Å². The molecule has 6 heteroatoms. The smallest absolute Gasteiger partial charge is 0.357 e. The fourth-order valence-corrected chi connectivity index (χ4v) is 2.83. The summed E-state index contributed by atoms with van der Waals surface area (Å²) < 4.78 is 37.7. The molecule has 1 saturated heterocycles. The number of hydrazine groups is 1. The molecule has 2 heterocycles. The van der Waals surface area contributed by atoms with Crippen LogP contribution in [0.4, 0.5) is 13.2 Å². The number of likely N-dealkylation sites (tertiary alicyclic amines) is 1. The maximum absolute atomic E-state index is 12.6. The van der Waals surface area contributed by atoms with Crippen molar-refractivity contribution in [1.29, 1.82) is 0 Å². The first-order valence-corrected chi connectivity index (χ1v) is 6.98. The maximum atomic E-state index is 12.6. The van der Waals surface area contributed by atoms with Crippen molar-refractivity contribution in [2.75, 3.05) is 20.1 Å². The molecule has 0 amide bonds. The number of hydrogen-bond donors (Lipinski definition) is 1. The molecule has 0 radical (unpaired) electrons. The summed E-state index contributed by atoms with van der Waals surface area (Å²) in [6.45, 7) is 4.25. The molecule has 1 aromatic carbocycles. The average molecular weight is 297 g/mol. The van der Waals surface area contributed by atoms with Crippen molar-refractivity contribution in [1.82, 2.24) is 15.3 Å². The Labute approximate surface area is 122 Å². The molecule has 114 valence electrons. The van der Waals surface area contributed by atoms with E-state index in [1.807, 2.05) is 12.1 Å². The Morgan fingerprint density at radius 1 is 1.14 bits per heavy atom. The van der Waals surface area contributed by atoms with Crippen LogP contribution in [0.2, 0.25) is 0 Å². The normalized spacial score (nSPS) is 23.3. The van der Waals surface area contributed by atoms with Crippen LogP contribution in [-0.4, -0.2) is 30.0 Å². The highest BCUT2D eigenvalue weighted by molar-refractivity contribution is 5.31. The first-order chi connectivity index (χ1) is 9.84. The van der Waals surface area contributed by atoms with Crippen LogP contribution < -0.4 is 5.43 Å². The van der Waals surface area contributed by atoms with E-state index in [0.717, 1.165) is 36.6 Å². The average Bonchev–Trinajstić information content (AvgIpc) is 2.76. The number of rotatable bonds is 2. The van der Waals surface area contributed by atoms with Gasteiger partial charge in [-0.05, 0) is 29.7 Å². The summed E-state index contributed by atoms with van der Waals surface area (Å²) in [4.78, 5) is 2.27. The second-order valence-electron chi connectivity index (χ2n) is 5.82. The monoisotopic (exact) mass is 297 g/mol. The predicted molar refractivity (Wildman–Crippen MR) is 73.9 cm³/mol. The zero-order valence-corrected chi connectivity index (χ0v) is 12.0. The lowest BCUT2D eigenvalue weighted by molar-refractivity contribution is -0.137. The van der Waals surface area contributed by atoms with Gasteiger partial charge in [0.05, 0.1) is 11.6 Å². The second-order valence-corrected chi connectivity index (χ2v) is 5.82. The van der Waals surface area contributed by atoms with Gasteiger partial charge in [0, 0.05) is 20.1 Å². The van der Waals surface area contributed by atoms with Crippen molar-refractivity contribution < 1.29 is 13.2 Å². The third kappa shape index (κ3) is 2.72. The summed E-state index contributed by atoms with van der Waals surface area (Å²) in [5.41, 5.74) is 3.48. The van der Waals surface area contributed by atoms with E-state index in [1.165, 1.54) is 12.1 Å². The number of nitrogens with zero attached hydrogens (tertiary/aromatic N) is 2. The first kappa shape index (κ1) is 14.3. The van der Waals surface area contributed by atoms with Crippen molar-refractivity contribution in [2.24, 2.45) is 5.92 Å². The molecule has 1 atom stereocenters. The second kappa shape index (κ2) is 4.94. The lowest BCUT2D eigenvalue weighted by Crippen LogP contribution is -2.48. The highest BCUT2D eigenvalue weighted by atomic mass is 19.4. The molecule has 21 heavy (non-hydrogen) atoms. The molecular formula is C15H18F3N3. The van der Waals surface area contributed by atoms with Gasteiger partial charge in [-0.2, -0.15) is 13.2 Å². The molecule has 0 aromatic heterocycles. The summed E-state index contributed by atoms with van der Waals surface area (Å²) in [6, 6.07) is 5.26. The van der Waals surface area contributed by atoms with Crippen molar-refractivity contribution in [2.45, 2.75) is 19.1 Å². The number of alkyl halides is 3. The fourth-order valence-electron chi connectivity index (χ4n) is 2.83. The van der Waals surface area contributed by atoms with Crippen LogP contribution in [0.5, 0.6) is 0 Å². The number of hydrogen-bond acceptors (Lipinski definition) is 3. The largest absolute Gasteiger partial charge is 0.416 e. The molecular weight excluding hydrogens is 279 g/mol. The molecule has 0 saturated carbocycles. The van der Waals surface area contributed by atoms with Crippen molar-refractivity contribution in [3.05, 3.63) is 47.3 Å². The van der Waals surface area contributed by atoms with Gasteiger partial charge in [0.25, 0.3) is 0 Å². The van der Waals surface area contributed by atoms with Crippen molar-refractivity contribution >= 4 is 0 Å². The summed E-state index contributed by atoms with van der Waals surface area (Å²) in [5, 5.41) is 1.94. The minimum Gasteiger partial charge on any atom is -0.357 e. The van der Waals surface area contributed by atoms with Gasteiger partial charge >= 0.3 is 6.18 Å². The number of halogens is 3. The van der Waals surface area contributed by atoms with E-state index in [4.69, 9.17) is 0 Å². The Kier molecular flexibility index (Phi) is 3.36. The minimum atomic E-state index is -4.28. The summed E-state index contributed by atoms with van der Waals surface area (Å²) >= 11 is 0. The quantitative estimate of drug-likeness (QED) is 0.905. The lowest BCUT2D eigenvalue weighted by atomic mass is 10.0. The van der Waals surface area contributed by atoms with Gasteiger partial charge in [-0.3, -0.25) is 5.01 Å². The zero-order valence-electron chi connectivity index (χ0n) is 12.0. The van der Waals surface area contributed by atoms with Crippen LogP contribution in [0.15, 0.2) is 36.2 Å². The molecule has 1 N–H and O–H groups in total. The van der Waals surface area contributed by atoms with E-state index >= 15 is 0 Å². The van der Waals surface area contributed by atoms with Crippen LogP contribution in [0.1, 0.15) is 24.1 Å². The molecule has 1 fully saturated rings. The van der Waals surface area contributed by atoms with Gasteiger partial charge in [-0.1, -0.05) is 19.1 Å². The summed E-state index contributed by atoms with van der Waals surface area (Å²) in [6.07, 6.45) is -2.22. The van der Waals surface area contributed by atoms with Gasteiger partial charge in [-0.15, -0.1) is 0 Å². The molecule has 2 aliphatic rings. The first-order valence-electron chi connectivity index (χ1n) is 6.98. The van der Waals surface area contributed by atoms with Crippen LogP contribution in [0.25, 0.3) is 0 Å². The molecule has 0 aliphatic carbocycles.